The molecular weight excluding hydrogens is 330 g/mol. The highest BCUT2D eigenvalue weighted by atomic mass is 16.9. The van der Waals surface area contributed by atoms with Gasteiger partial charge in [0.25, 0.3) is 5.97 Å². The molecule has 0 unspecified atom stereocenters. The van der Waals surface area contributed by atoms with Crippen LogP contribution in [0.4, 0.5) is 0 Å². The molecule has 1 saturated heterocycles. The third-order valence-electron chi connectivity index (χ3n) is 4.85. The molecule has 5 heteroatoms. The number of unbranched alkanes of at least 4 members (excludes halogenated alkanes) is 10. The van der Waals surface area contributed by atoms with Crippen LogP contribution in [0.15, 0.2) is 0 Å². The topological polar surface area (TPSA) is 48.0 Å². The Hall–Kier alpha value is -0.490. The minimum absolute atomic E-state index is 0.0178. The van der Waals surface area contributed by atoms with E-state index in [1.807, 2.05) is 14.1 Å². The Balaban J connectivity index is 2.10. The molecule has 0 bridgehead atoms. The summed E-state index contributed by atoms with van der Waals surface area (Å²) < 4.78 is 17.2. The normalized spacial score (nSPS) is 17.2. The van der Waals surface area contributed by atoms with Gasteiger partial charge in [0.1, 0.15) is 13.2 Å². The number of ether oxygens (including phenoxy) is 3. The van der Waals surface area contributed by atoms with E-state index in [-0.39, 0.29) is 19.0 Å². The van der Waals surface area contributed by atoms with E-state index in [1.54, 1.807) is 0 Å². The summed E-state index contributed by atoms with van der Waals surface area (Å²) in [5, 5.41) is 0. The van der Waals surface area contributed by atoms with Crippen molar-refractivity contribution in [3.05, 3.63) is 0 Å². The molecule has 0 aliphatic carbocycles. The number of ketones is 1. The molecule has 5 nitrogen and oxygen atoms in total. The van der Waals surface area contributed by atoms with Gasteiger partial charge in [0.05, 0.1) is 6.61 Å². The molecular formula is C21H41NO4. The van der Waals surface area contributed by atoms with Gasteiger partial charge in [0.15, 0.2) is 5.78 Å². The van der Waals surface area contributed by atoms with Crippen molar-refractivity contribution in [3.63, 3.8) is 0 Å². The summed E-state index contributed by atoms with van der Waals surface area (Å²) in [6.45, 7) is 3.80. The van der Waals surface area contributed by atoms with Crippen LogP contribution in [0.1, 0.15) is 84.0 Å². The number of Topliss-reactive ketones (excluding diaryl/α,β-unsaturated/α-hetero) is 1. The minimum atomic E-state index is -1.01. The number of hydrogen-bond acceptors (Lipinski definition) is 5. The van der Waals surface area contributed by atoms with Crippen LogP contribution in [0.5, 0.6) is 0 Å². The maximum Gasteiger partial charge on any atom is 0.283 e. The molecule has 0 spiro atoms. The number of nitrogens with zero attached hydrogens (tertiary/aromatic N) is 1. The zero-order chi connectivity index (χ0) is 19.1. The van der Waals surface area contributed by atoms with Crippen molar-refractivity contribution in [3.8, 4) is 0 Å². The highest BCUT2D eigenvalue weighted by molar-refractivity contribution is 5.81. The fourth-order valence-corrected chi connectivity index (χ4v) is 3.15. The zero-order valence-corrected chi connectivity index (χ0v) is 17.4. The van der Waals surface area contributed by atoms with Crippen molar-refractivity contribution in [2.75, 3.05) is 40.5 Å². The second-order valence-electron chi connectivity index (χ2n) is 7.74. The maximum atomic E-state index is 11.4. The van der Waals surface area contributed by atoms with Crippen molar-refractivity contribution in [1.82, 2.24) is 4.90 Å². The fourth-order valence-electron chi connectivity index (χ4n) is 3.15. The van der Waals surface area contributed by atoms with Crippen molar-refractivity contribution < 1.29 is 19.0 Å². The highest BCUT2D eigenvalue weighted by Gasteiger charge is 2.38. The van der Waals surface area contributed by atoms with Gasteiger partial charge in [-0.15, -0.1) is 0 Å². The van der Waals surface area contributed by atoms with Crippen LogP contribution in [0, 0.1) is 0 Å². The molecule has 1 rings (SSSR count). The first-order chi connectivity index (χ1) is 12.6. The summed E-state index contributed by atoms with van der Waals surface area (Å²) in [6, 6.07) is 0. The lowest BCUT2D eigenvalue weighted by molar-refractivity contribution is -0.389. The second kappa shape index (κ2) is 14.6. The van der Waals surface area contributed by atoms with Gasteiger partial charge in [0.2, 0.25) is 0 Å². The monoisotopic (exact) mass is 371 g/mol. The van der Waals surface area contributed by atoms with Crippen LogP contribution in [0.25, 0.3) is 0 Å². The third-order valence-corrected chi connectivity index (χ3v) is 4.85. The molecule has 0 atom stereocenters. The smallest absolute Gasteiger partial charge is 0.283 e. The number of carbonyl (C=O) groups is 1. The van der Waals surface area contributed by atoms with E-state index in [4.69, 9.17) is 14.2 Å². The molecule has 26 heavy (non-hydrogen) atoms. The van der Waals surface area contributed by atoms with Gasteiger partial charge in [0, 0.05) is 13.0 Å². The molecule has 1 fully saturated rings. The molecule has 0 amide bonds. The summed E-state index contributed by atoms with van der Waals surface area (Å²) >= 11 is 0. The molecule has 1 aliphatic rings. The van der Waals surface area contributed by atoms with Gasteiger partial charge < -0.3 is 19.1 Å². The summed E-state index contributed by atoms with van der Waals surface area (Å²) in [5.41, 5.74) is 0. The van der Waals surface area contributed by atoms with Crippen LogP contribution in [-0.2, 0) is 19.0 Å². The van der Waals surface area contributed by atoms with E-state index in [9.17, 15) is 4.79 Å². The van der Waals surface area contributed by atoms with Gasteiger partial charge in [-0.2, -0.15) is 0 Å². The average molecular weight is 372 g/mol. The van der Waals surface area contributed by atoms with E-state index >= 15 is 0 Å². The SMILES string of the molecule is CCCCCCCCCCCCCC1(OCCN(C)C)OCC(=O)CO1. The summed E-state index contributed by atoms with van der Waals surface area (Å²) in [5.74, 6) is -1.03. The second-order valence-corrected chi connectivity index (χ2v) is 7.74. The largest absolute Gasteiger partial charge is 0.326 e. The van der Waals surface area contributed by atoms with E-state index in [1.165, 1.54) is 57.8 Å². The van der Waals surface area contributed by atoms with Crippen LogP contribution < -0.4 is 0 Å². The Morgan fingerprint density at radius 2 is 1.38 bits per heavy atom. The Kier molecular flexibility index (Phi) is 13.2. The number of likely N-dealkylation sites (N-methyl/N-ethyl adjacent to an activating group) is 1. The van der Waals surface area contributed by atoms with E-state index in [0.717, 1.165) is 19.4 Å². The molecule has 0 aromatic heterocycles. The van der Waals surface area contributed by atoms with Gasteiger partial charge in [-0.25, -0.2) is 0 Å². The van der Waals surface area contributed by atoms with Crippen LogP contribution in [-0.4, -0.2) is 57.1 Å². The zero-order valence-electron chi connectivity index (χ0n) is 17.4. The lowest BCUT2D eigenvalue weighted by atomic mass is 10.0. The molecule has 1 aliphatic heterocycles. The first kappa shape index (κ1) is 23.5. The molecule has 0 radical (unpaired) electrons. The third kappa shape index (κ3) is 11.3. The molecule has 0 aromatic rings. The van der Waals surface area contributed by atoms with Crippen molar-refractivity contribution in [2.24, 2.45) is 0 Å². The summed E-state index contributed by atoms with van der Waals surface area (Å²) in [6.07, 6.45) is 15.0. The predicted octanol–water partition coefficient (Wildman–Crippen LogP) is 4.54. The van der Waals surface area contributed by atoms with Gasteiger partial charge in [-0.3, -0.25) is 4.79 Å². The van der Waals surface area contributed by atoms with Crippen LogP contribution in [0.3, 0.4) is 0 Å². The highest BCUT2D eigenvalue weighted by Crippen LogP contribution is 2.26. The molecule has 0 saturated carbocycles. The van der Waals surface area contributed by atoms with E-state index < -0.39 is 5.97 Å². The summed E-state index contributed by atoms with van der Waals surface area (Å²) in [4.78, 5) is 13.4. The molecule has 1 heterocycles. The standard InChI is InChI=1S/C21H41NO4/c1-4-5-6-7-8-9-10-11-12-13-14-15-21(24-17-16-22(2)3)25-18-20(23)19-26-21/h4-19H2,1-3H3. The quantitative estimate of drug-likeness (QED) is 0.373. The Morgan fingerprint density at radius 3 is 1.88 bits per heavy atom. The fraction of sp³-hybridized carbons (Fsp3) is 0.952. The lowest BCUT2D eigenvalue weighted by Crippen LogP contribution is -2.47. The Morgan fingerprint density at radius 1 is 0.885 bits per heavy atom. The van der Waals surface area contributed by atoms with Crippen molar-refractivity contribution >= 4 is 5.78 Å². The lowest BCUT2D eigenvalue weighted by Gasteiger charge is -2.36. The summed E-state index contributed by atoms with van der Waals surface area (Å²) in [7, 11) is 4.01. The van der Waals surface area contributed by atoms with Crippen molar-refractivity contribution in [2.45, 2.75) is 89.9 Å². The Labute approximate surface area is 160 Å². The van der Waals surface area contributed by atoms with E-state index in [2.05, 4.69) is 11.8 Å². The Bertz CT molecular complexity index is 350. The first-order valence-electron chi connectivity index (χ1n) is 10.7. The van der Waals surface area contributed by atoms with Crippen molar-refractivity contribution in [1.29, 1.82) is 0 Å². The van der Waals surface area contributed by atoms with Gasteiger partial charge >= 0.3 is 0 Å². The number of carbonyl (C=O) groups excluding carboxylic acids is 1. The van der Waals surface area contributed by atoms with Gasteiger partial charge in [-0.1, -0.05) is 71.1 Å². The minimum Gasteiger partial charge on any atom is -0.326 e. The molecule has 0 N–H and O–H groups in total. The number of rotatable bonds is 16. The first-order valence-corrected chi connectivity index (χ1v) is 10.7. The predicted molar refractivity (Wildman–Crippen MR) is 105 cm³/mol. The van der Waals surface area contributed by atoms with E-state index in [0.29, 0.717) is 13.0 Å². The maximum absolute atomic E-state index is 11.4. The average Bonchev–Trinajstić information content (AvgIpc) is 2.62. The van der Waals surface area contributed by atoms with Crippen LogP contribution >= 0.6 is 0 Å². The van der Waals surface area contributed by atoms with Crippen LogP contribution in [0.2, 0.25) is 0 Å². The molecule has 0 aromatic carbocycles. The molecule has 154 valence electrons. The van der Waals surface area contributed by atoms with Gasteiger partial charge in [-0.05, 0) is 20.5 Å². The number of hydrogen-bond donors (Lipinski definition) is 0.